The van der Waals surface area contributed by atoms with Gasteiger partial charge >= 0.3 is 6.03 Å². The maximum Gasteiger partial charge on any atom is 0.316 e. The van der Waals surface area contributed by atoms with Crippen LogP contribution in [0.1, 0.15) is 81.4 Å². The van der Waals surface area contributed by atoms with Crippen LogP contribution in [0.2, 0.25) is 5.02 Å². The molecule has 18 N–H and O–H groups in total. The van der Waals surface area contributed by atoms with Gasteiger partial charge in [-0.1, -0.05) is 86.2 Å². The van der Waals surface area contributed by atoms with Crippen LogP contribution in [-0.2, 0) is 57.6 Å². The molecule has 10 amide bonds. The van der Waals surface area contributed by atoms with E-state index in [4.69, 9.17) is 34.5 Å². The minimum Gasteiger partial charge on any atom is -0.391 e. The van der Waals surface area contributed by atoms with Crippen LogP contribution in [0.5, 0.6) is 0 Å². The second-order valence-electron chi connectivity index (χ2n) is 20.3. The van der Waals surface area contributed by atoms with Gasteiger partial charge in [-0.2, -0.15) is 25.3 Å². The van der Waals surface area contributed by atoms with E-state index >= 15 is 0 Å². The molecule has 1 saturated carbocycles. The van der Waals surface area contributed by atoms with Crippen molar-refractivity contribution in [3.05, 3.63) is 101 Å². The molecule has 0 unspecified atom stereocenters. The van der Waals surface area contributed by atoms with Crippen molar-refractivity contribution < 1.29 is 48.3 Å². The number of aromatic amines is 1. The average Bonchev–Trinajstić information content (AvgIpc) is 3.91. The predicted molar refractivity (Wildman–Crippen MR) is 315 cm³/mol. The molecule has 0 spiro atoms. The highest BCUT2D eigenvalue weighted by Crippen LogP contribution is 2.27. The van der Waals surface area contributed by atoms with E-state index < -0.39 is 108 Å². The largest absolute Gasteiger partial charge is 0.391 e. The minimum absolute atomic E-state index is 0.0205. The van der Waals surface area contributed by atoms with Gasteiger partial charge in [0, 0.05) is 52.2 Å². The zero-order valence-electron chi connectivity index (χ0n) is 45.1. The monoisotopic (exact) mass is 1180 g/mol. The number of fused-ring (bicyclic) bond motifs is 1. The highest BCUT2D eigenvalue weighted by molar-refractivity contribution is 7.80. The zero-order chi connectivity index (χ0) is 59.2. The van der Waals surface area contributed by atoms with Gasteiger partial charge in [0.2, 0.25) is 47.3 Å². The molecule has 23 nitrogen and oxygen atoms in total. The number of urea groups is 1. The highest BCUT2D eigenvalue weighted by atomic mass is 35.5. The smallest absolute Gasteiger partial charge is 0.316 e. The highest BCUT2D eigenvalue weighted by Gasteiger charge is 2.36. The van der Waals surface area contributed by atoms with Crippen LogP contribution < -0.4 is 65.5 Å². The molecule has 0 saturated heterocycles. The lowest BCUT2D eigenvalue weighted by Gasteiger charge is -2.29. The number of aliphatic hydroxyl groups is 1. The lowest BCUT2D eigenvalue weighted by Crippen LogP contribution is -2.62. The Kier molecular flexibility index (Phi) is 26.1. The molecule has 4 aromatic rings. The number of primary amides is 2. The van der Waals surface area contributed by atoms with Gasteiger partial charge < -0.3 is 75.6 Å². The molecular weight excluding hydrogens is 1100 g/mol. The number of hydrogen-bond acceptors (Lipinski definition) is 14. The lowest BCUT2D eigenvalue weighted by molar-refractivity contribution is -0.136. The third-order valence-corrected chi connectivity index (χ3v) is 14.9. The number of hydrogen-bond donors (Lipinski definition) is 16. The van der Waals surface area contributed by atoms with E-state index in [2.05, 4.69) is 72.8 Å². The second-order valence-corrected chi connectivity index (χ2v) is 21.4. The number of carbonyl (C=O) groups is 9. The SMILES string of the molecule is C[C@@H](O)[C@H](NC(=O)[C@H](CCCCN)NC(=O)[C@@H](Cc1c[nH]c2ccccc12)NC(=O)[C@H](Cc1ccc(NC(N)=O)cc1)NC(=O)[C@@H](CS)NC(=O)[C@@H](N)Cc1ccc(Cl)cc1)C(=O)N[C@@H](CS)C(=O)N[C@@H](CC1CCCCC1)C(N)=O. The Morgan fingerprint density at radius 2 is 1.15 bits per heavy atom. The van der Waals surface area contributed by atoms with Gasteiger partial charge in [-0.25, -0.2) is 4.79 Å². The van der Waals surface area contributed by atoms with Crippen LogP contribution in [0.3, 0.4) is 0 Å². The summed E-state index contributed by atoms with van der Waals surface area (Å²) < 4.78 is 0. The Balaban J connectivity index is 1.39. The summed E-state index contributed by atoms with van der Waals surface area (Å²) in [4.78, 5) is 126. The number of nitrogens with one attached hydrogen (secondary N) is 9. The van der Waals surface area contributed by atoms with Crippen molar-refractivity contribution in [1.29, 1.82) is 0 Å². The Hall–Kier alpha value is -6.90. The van der Waals surface area contributed by atoms with E-state index in [1.807, 2.05) is 18.2 Å². The van der Waals surface area contributed by atoms with Crippen LogP contribution in [-0.4, -0.2) is 136 Å². The van der Waals surface area contributed by atoms with Crippen LogP contribution >= 0.6 is 36.9 Å². The molecule has 26 heteroatoms. The minimum atomic E-state index is -1.67. The number of rotatable bonds is 31. The third-order valence-electron chi connectivity index (χ3n) is 14.0. The van der Waals surface area contributed by atoms with Crippen molar-refractivity contribution >= 4 is 107 Å². The van der Waals surface area contributed by atoms with Crippen molar-refractivity contribution in [2.45, 2.75) is 138 Å². The fraction of sp³-hybridized carbons (Fsp3) is 0.473. The van der Waals surface area contributed by atoms with Gasteiger partial charge in [-0.05, 0) is 98.5 Å². The summed E-state index contributed by atoms with van der Waals surface area (Å²) in [6, 6.07) is 8.68. The zero-order valence-corrected chi connectivity index (χ0v) is 47.6. The Morgan fingerprint density at radius 3 is 1.73 bits per heavy atom. The van der Waals surface area contributed by atoms with E-state index in [-0.39, 0.29) is 49.7 Å². The Labute approximate surface area is 486 Å². The first kappa shape index (κ1) is 64.9. The molecule has 1 aromatic heterocycles. The number of amides is 10. The van der Waals surface area contributed by atoms with Gasteiger partial charge in [0.1, 0.15) is 42.3 Å². The lowest BCUT2D eigenvalue weighted by atomic mass is 9.84. The number of H-pyrrole nitrogens is 1. The van der Waals surface area contributed by atoms with E-state index in [9.17, 15) is 48.3 Å². The topological polar surface area (TPSA) is 390 Å². The molecule has 81 heavy (non-hydrogen) atoms. The number of carbonyl (C=O) groups excluding carboxylic acids is 9. The summed E-state index contributed by atoms with van der Waals surface area (Å²) in [6.45, 7) is 1.48. The maximum absolute atomic E-state index is 14.8. The van der Waals surface area contributed by atoms with Crippen LogP contribution in [0.25, 0.3) is 10.9 Å². The van der Waals surface area contributed by atoms with E-state index in [1.165, 1.54) is 19.1 Å². The molecule has 0 aliphatic heterocycles. The van der Waals surface area contributed by atoms with Crippen molar-refractivity contribution in [2.75, 3.05) is 23.4 Å². The number of anilines is 1. The van der Waals surface area contributed by atoms with Crippen molar-refractivity contribution in [3.63, 3.8) is 0 Å². The first-order valence-corrected chi connectivity index (χ1v) is 28.6. The van der Waals surface area contributed by atoms with Gasteiger partial charge in [0.25, 0.3) is 0 Å². The number of halogens is 1. The number of aliphatic hydroxyl groups excluding tert-OH is 1. The molecule has 1 aliphatic rings. The Morgan fingerprint density at radius 1 is 0.630 bits per heavy atom. The van der Waals surface area contributed by atoms with Crippen molar-refractivity contribution in [1.82, 2.24) is 42.2 Å². The summed E-state index contributed by atoms with van der Waals surface area (Å²) in [7, 11) is 0. The van der Waals surface area contributed by atoms with Gasteiger partial charge in [0.05, 0.1) is 12.1 Å². The molecule has 9 atom stereocenters. The first-order chi connectivity index (χ1) is 38.7. The predicted octanol–water partition coefficient (Wildman–Crippen LogP) is 0.886. The number of nitrogens with two attached hydrogens (primary N) is 4. The van der Waals surface area contributed by atoms with Crippen molar-refractivity contribution in [3.8, 4) is 0 Å². The van der Waals surface area contributed by atoms with Gasteiger partial charge in [0.15, 0.2) is 0 Å². The molecule has 1 fully saturated rings. The van der Waals surface area contributed by atoms with Gasteiger partial charge in [-0.3, -0.25) is 38.4 Å². The summed E-state index contributed by atoms with van der Waals surface area (Å²) in [6.07, 6.45) is 5.78. The molecule has 5 rings (SSSR count). The number of aromatic nitrogens is 1. The summed E-state index contributed by atoms with van der Waals surface area (Å²) in [5, 5.41) is 33.0. The molecule has 440 valence electrons. The van der Waals surface area contributed by atoms with E-state index in [0.717, 1.165) is 37.6 Å². The molecular formula is C55H76ClN13O10S2. The molecule has 0 bridgehead atoms. The standard InChI is InChI=1S/C55H76ClN13O10S2/c1-30(70)46(54(78)68-45(29-81)52(76)64-41(47(59)71)24-31-9-3-2-4-10-31)69-49(73)40(13-7-8-22-57)63-51(75)43(26-34-27-61-39-12-6-5-11-37(34)39)66-50(74)42(25-33-16-20-36(21-17-33)62-55(60)79)65-53(77)44(28-80)67-48(72)38(58)23-32-14-18-35(56)19-15-32/h5-6,11-12,14-21,27,30-31,38,40-46,61,70,80-81H,2-4,7-10,13,22-26,28-29,57-58H2,1H3,(H2,59,71)(H,63,75)(H,64,76)(H,65,77)(H,66,74)(H,67,72)(H,68,78)(H,69,73)(H3,60,62,79)/t30-,38+,40+,41+,42+,43-,44-,45+,46+/m1/s1. The van der Waals surface area contributed by atoms with E-state index in [1.54, 1.807) is 48.7 Å². The maximum atomic E-state index is 14.8. The van der Waals surface area contributed by atoms with Crippen LogP contribution in [0.15, 0.2) is 79.0 Å². The molecule has 1 aliphatic carbocycles. The van der Waals surface area contributed by atoms with Crippen molar-refractivity contribution in [2.24, 2.45) is 28.9 Å². The molecule has 1 heterocycles. The summed E-state index contributed by atoms with van der Waals surface area (Å²) in [5.41, 5.74) is 25.9. The molecule has 3 aromatic carbocycles. The number of benzene rings is 3. The second kappa shape index (κ2) is 32.5. The normalized spacial score (nSPS) is 15.9. The quantitative estimate of drug-likeness (QED) is 0.0247. The fourth-order valence-electron chi connectivity index (χ4n) is 9.45. The van der Waals surface area contributed by atoms with Gasteiger partial charge in [-0.15, -0.1) is 0 Å². The summed E-state index contributed by atoms with van der Waals surface area (Å²) >= 11 is 14.6. The van der Waals surface area contributed by atoms with Crippen LogP contribution in [0, 0.1) is 5.92 Å². The molecule has 0 radical (unpaired) electrons. The number of unbranched alkanes of at least 4 members (excludes halogenated alkanes) is 1. The Bertz CT molecular complexity index is 2780. The van der Waals surface area contributed by atoms with E-state index in [0.29, 0.717) is 52.0 Å². The fourth-order valence-corrected chi connectivity index (χ4v) is 10.1. The third kappa shape index (κ3) is 20.5. The number of thiol groups is 2. The number of para-hydroxylation sites is 1. The first-order valence-electron chi connectivity index (χ1n) is 26.9. The average molecular weight is 1180 g/mol. The summed E-state index contributed by atoms with van der Waals surface area (Å²) in [5.74, 6) is -6.84. The van der Waals surface area contributed by atoms with Crippen LogP contribution in [0.4, 0.5) is 10.5 Å².